The highest BCUT2D eigenvalue weighted by atomic mass is 28.3. The lowest BCUT2D eigenvalue weighted by Gasteiger charge is -2.32. The summed E-state index contributed by atoms with van der Waals surface area (Å²) < 4.78 is 13.2. The van der Waals surface area contributed by atoms with Crippen LogP contribution in [0.1, 0.15) is 65.4 Å². The van der Waals surface area contributed by atoms with Gasteiger partial charge in [0.15, 0.2) is 0 Å². The van der Waals surface area contributed by atoms with Gasteiger partial charge in [0.05, 0.1) is 11.2 Å². The minimum atomic E-state index is -1.36. The normalized spacial score (nSPS) is 23.6. The van der Waals surface area contributed by atoms with Crippen LogP contribution in [0.2, 0.25) is 25.7 Å². The Morgan fingerprint density at radius 3 is 1.96 bits per heavy atom. The van der Waals surface area contributed by atoms with Crippen molar-refractivity contribution < 1.29 is 9.31 Å². The third kappa shape index (κ3) is 4.83. The summed E-state index contributed by atoms with van der Waals surface area (Å²) in [5.74, 6) is 0.626. The van der Waals surface area contributed by atoms with Crippen LogP contribution in [0.3, 0.4) is 0 Å². The zero-order valence-electron chi connectivity index (χ0n) is 19.1. The molecule has 2 fully saturated rings. The van der Waals surface area contributed by atoms with Gasteiger partial charge in [-0.05, 0) is 69.1 Å². The molecule has 0 amide bonds. The summed E-state index contributed by atoms with van der Waals surface area (Å²) in [5, 5.41) is 0. The zero-order chi connectivity index (χ0) is 20.6. The highest BCUT2D eigenvalue weighted by Gasteiger charge is 2.53. The maximum Gasteiger partial charge on any atom is 0.490 e. The van der Waals surface area contributed by atoms with Gasteiger partial charge in [0, 0.05) is 8.07 Å². The molecule has 0 radical (unpaired) electrons. The molecule has 1 aromatic rings. The molecule has 0 spiro atoms. The van der Waals surface area contributed by atoms with Crippen molar-refractivity contribution in [1.82, 2.24) is 0 Å². The summed E-state index contributed by atoms with van der Waals surface area (Å²) in [5.41, 5.74) is 3.74. The molecule has 1 aliphatic carbocycles. The molecule has 28 heavy (non-hydrogen) atoms. The van der Waals surface area contributed by atoms with Crippen LogP contribution in [0.15, 0.2) is 35.8 Å². The molecule has 1 heterocycles. The first-order chi connectivity index (χ1) is 13.0. The molecule has 1 aromatic carbocycles. The molecule has 3 rings (SSSR count). The van der Waals surface area contributed by atoms with Crippen molar-refractivity contribution in [3.05, 3.63) is 41.4 Å². The predicted octanol–water partition coefficient (Wildman–Crippen LogP) is 6.99. The maximum absolute atomic E-state index is 6.61. The SMILES string of the molecule is CC1(C)OB(/C(C[Si](C)(C)C)=C(\c2ccccc2)C2CCCCC2)OC1(C)C. The first-order valence-electron chi connectivity index (χ1n) is 11.1. The fraction of sp³-hybridized carbons (Fsp3) is 0.667. The minimum absolute atomic E-state index is 0.228. The van der Waals surface area contributed by atoms with Crippen LogP contribution in [0, 0.1) is 5.92 Å². The summed E-state index contributed by atoms with van der Waals surface area (Å²) in [6, 6.07) is 12.2. The first kappa shape index (κ1) is 21.9. The van der Waals surface area contributed by atoms with Crippen molar-refractivity contribution in [2.45, 2.75) is 96.7 Å². The summed E-state index contributed by atoms with van der Waals surface area (Å²) in [6.07, 6.45) is 6.63. The molecule has 2 aliphatic rings. The van der Waals surface area contributed by atoms with Gasteiger partial charge in [0.2, 0.25) is 0 Å². The number of allylic oxidation sites excluding steroid dienone is 2. The summed E-state index contributed by atoms with van der Waals surface area (Å²) in [4.78, 5) is 0. The van der Waals surface area contributed by atoms with Gasteiger partial charge >= 0.3 is 7.12 Å². The molecule has 0 N–H and O–H groups in total. The summed E-state index contributed by atoms with van der Waals surface area (Å²) in [6.45, 7) is 16.1. The average Bonchev–Trinajstić information content (AvgIpc) is 2.83. The largest absolute Gasteiger partial charge is 0.490 e. The highest BCUT2D eigenvalue weighted by molar-refractivity contribution is 6.78. The Morgan fingerprint density at radius 1 is 0.929 bits per heavy atom. The molecule has 0 atom stereocenters. The van der Waals surface area contributed by atoms with E-state index in [1.165, 1.54) is 48.7 Å². The molecule has 0 aromatic heterocycles. The van der Waals surface area contributed by atoms with Crippen LogP contribution in [0.5, 0.6) is 0 Å². The monoisotopic (exact) mass is 398 g/mol. The van der Waals surface area contributed by atoms with Crippen LogP contribution in [0.25, 0.3) is 5.57 Å². The second kappa shape index (κ2) is 8.12. The van der Waals surface area contributed by atoms with Gasteiger partial charge in [-0.2, -0.15) is 0 Å². The van der Waals surface area contributed by atoms with Gasteiger partial charge in [0.25, 0.3) is 0 Å². The second-order valence-corrected chi connectivity index (χ2v) is 16.4. The number of hydrogen-bond donors (Lipinski definition) is 0. The molecule has 154 valence electrons. The van der Waals surface area contributed by atoms with Crippen molar-refractivity contribution >= 4 is 20.8 Å². The van der Waals surface area contributed by atoms with Crippen LogP contribution >= 0.6 is 0 Å². The highest BCUT2D eigenvalue weighted by Crippen LogP contribution is 2.45. The Labute approximate surface area is 174 Å². The van der Waals surface area contributed by atoms with Gasteiger partial charge in [-0.3, -0.25) is 0 Å². The van der Waals surface area contributed by atoms with Gasteiger partial charge in [0.1, 0.15) is 0 Å². The van der Waals surface area contributed by atoms with Crippen molar-refractivity contribution in [2.24, 2.45) is 5.92 Å². The molecule has 1 saturated heterocycles. The Morgan fingerprint density at radius 2 is 1.46 bits per heavy atom. The third-order valence-electron chi connectivity index (χ3n) is 6.70. The Kier molecular flexibility index (Phi) is 6.34. The van der Waals surface area contributed by atoms with E-state index in [-0.39, 0.29) is 18.3 Å². The number of benzene rings is 1. The number of hydrogen-bond acceptors (Lipinski definition) is 2. The molecule has 0 bridgehead atoms. The van der Waals surface area contributed by atoms with Gasteiger partial charge in [-0.1, -0.05) is 69.2 Å². The third-order valence-corrected chi connectivity index (χ3v) is 8.14. The van der Waals surface area contributed by atoms with Gasteiger partial charge in [-0.15, -0.1) is 0 Å². The fourth-order valence-corrected chi connectivity index (χ4v) is 6.05. The first-order valence-corrected chi connectivity index (χ1v) is 14.8. The lowest BCUT2D eigenvalue weighted by atomic mass is 9.69. The topological polar surface area (TPSA) is 18.5 Å². The standard InChI is InChI=1S/C24H39BO2Si/c1-23(2)24(3,4)27-25(26-23)21(18-28(5,6)7)22(19-14-10-8-11-15-19)20-16-12-9-13-17-20/h8,10-11,14-15,20H,9,12-13,16-18H2,1-7H3/b22-21+. The molecule has 4 heteroatoms. The lowest BCUT2D eigenvalue weighted by Crippen LogP contribution is -2.41. The van der Waals surface area contributed by atoms with E-state index >= 15 is 0 Å². The van der Waals surface area contributed by atoms with Gasteiger partial charge in [-0.25, -0.2) is 0 Å². The summed E-state index contributed by atoms with van der Waals surface area (Å²) in [7, 11) is -1.59. The Balaban J connectivity index is 2.13. The van der Waals surface area contributed by atoms with E-state index in [0.29, 0.717) is 5.92 Å². The lowest BCUT2D eigenvalue weighted by molar-refractivity contribution is 0.00578. The molecular formula is C24H39BO2Si. The fourth-order valence-electron chi connectivity index (χ4n) is 4.55. The molecule has 1 saturated carbocycles. The summed E-state index contributed by atoms with van der Waals surface area (Å²) >= 11 is 0. The average molecular weight is 398 g/mol. The van der Waals surface area contributed by atoms with Crippen molar-refractivity contribution in [1.29, 1.82) is 0 Å². The van der Waals surface area contributed by atoms with Crippen LogP contribution in [-0.2, 0) is 9.31 Å². The van der Waals surface area contributed by atoms with Crippen LogP contribution in [0.4, 0.5) is 0 Å². The van der Waals surface area contributed by atoms with Crippen molar-refractivity contribution in [3.8, 4) is 0 Å². The Hall–Kier alpha value is -0.838. The molecule has 1 aliphatic heterocycles. The van der Waals surface area contributed by atoms with E-state index in [9.17, 15) is 0 Å². The van der Waals surface area contributed by atoms with E-state index < -0.39 is 8.07 Å². The smallest absolute Gasteiger partial charge is 0.400 e. The van der Waals surface area contributed by atoms with E-state index in [2.05, 4.69) is 77.7 Å². The van der Waals surface area contributed by atoms with Crippen molar-refractivity contribution in [3.63, 3.8) is 0 Å². The quantitative estimate of drug-likeness (QED) is 0.498. The zero-order valence-corrected chi connectivity index (χ0v) is 20.1. The van der Waals surface area contributed by atoms with E-state index in [0.717, 1.165) is 6.04 Å². The molecule has 2 nitrogen and oxygen atoms in total. The molecule has 0 unspecified atom stereocenters. The van der Waals surface area contributed by atoms with Gasteiger partial charge < -0.3 is 9.31 Å². The molecular weight excluding hydrogens is 359 g/mol. The minimum Gasteiger partial charge on any atom is -0.400 e. The van der Waals surface area contributed by atoms with E-state index in [1.807, 2.05) is 0 Å². The van der Waals surface area contributed by atoms with E-state index in [4.69, 9.17) is 9.31 Å². The van der Waals surface area contributed by atoms with E-state index in [1.54, 1.807) is 0 Å². The second-order valence-electron chi connectivity index (χ2n) is 11.0. The number of rotatable bonds is 5. The predicted molar refractivity (Wildman–Crippen MR) is 124 cm³/mol. The maximum atomic E-state index is 6.61. The van der Waals surface area contributed by atoms with Crippen molar-refractivity contribution in [2.75, 3.05) is 0 Å². The Bertz CT molecular complexity index is 681. The van der Waals surface area contributed by atoms with Crippen LogP contribution < -0.4 is 0 Å². The van der Waals surface area contributed by atoms with Crippen LogP contribution in [-0.4, -0.2) is 26.4 Å².